The number of aromatic nitrogens is 2. The average molecular weight is 273 g/mol. The second kappa shape index (κ2) is 5.86. The molecule has 106 valence electrons. The lowest BCUT2D eigenvalue weighted by Crippen LogP contribution is -2.29. The van der Waals surface area contributed by atoms with Crippen LogP contribution in [0.4, 0.5) is 0 Å². The number of hydrogen-bond acceptors (Lipinski definition) is 4. The van der Waals surface area contributed by atoms with E-state index in [0.29, 0.717) is 11.6 Å². The van der Waals surface area contributed by atoms with E-state index in [2.05, 4.69) is 15.3 Å². The summed E-state index contributed by atoms with van der Waals surface area (Å²) in [5, 5.41) is 2.95. The highest BCUT2D eigenvalue weighted by Gasteiger charge is 2.20. The Kier molecular flexibility index (Phi) is 4.17. The van der Waals surface area contributed by atoms with E-state index in [1.54, 1.807) is 20.0 Å². The van der Waals surface area contributed by atoms with Crippen LogP contribution >= 0.6 is 0 Å². The Morgan fingerprint density at radius 2 is 2.15 bits per heavy atom. The minimum absolute atomic E-state index is 0.132. The number of nitrogens with zero attached hydrogens (tertiary/aromatic N) is 2. The van der Waals surface area contributed by atoms with Gasteiger partial charge in [0.25, 0.3) is 5.91 Å². The van der Waals surface area contributed by atoms with Gasteiger partial charge in [0.2, 0.25) is 5.76 Å². The predicted molar refractivity (Wildman–Crippen MR) is 75.4 cm³/mol. The molecule has 1 amide bonds. The molecule has 0 aliphatic heterocycles. The summed E-state index contributed by atoms with van der Waals surface area (Å²) in [6.07, 6.45) is 2.51. The molecule has 5 heteroatoms. The lowest BCUT2D eigenvalue weighted by molar-refractivity contribution is 0.0904. The van der Waals surface area contributed by atoms with Crippen molar-refractivity contribution in [2.75, 3.05) is 0 Å². The van der Waals surface area contributed by atoms with Gasteiger partial charge in [0.05, 0.1) is 17.4 Å². The molecule has 2 rings (SSSR count). The Labute approximate surface area is 118 Å². The standard InChI is InChI=1S/C15H19N3O2/c1-5-12(13-8-9(2)6-7-16-13)18-15(19)14-10(3)17-11(4)20-14/h6-8,12H,5H2,1-4H3,(H,18,19). The molecule has 2 heterocycles. The van der Waals surface area contributed by atoms with Crippen LogP contribution < -0.4 is 5.32 Å². The number of amides is 1. The molecule has 0 fully saturated rings. The van der Waals surface area contributed by atoms with Gasteiger partial charge in [0.15, 0.2) is 5.89 Å². The molecular formula is C15H19N3O2. The maximum absolute atomic E-state index is 12.2. The fourth-order valence-corrected chi connectivity index (χ4v) is 2.10. The van der Waals surface area contributed by atoms with Gasteiger partial charge in [-0.2, -0.15) is 0 Å². The Hall–Kier alpha value is -2.17. The van der Waals surface area contributed by atoms with Crippen LogP contribution in [0.2, 0.25) is 0 Å². The van der Waals surface area contributed by atoms with Crippen molar-refractivity contribution in [3.8, 4) is 0 Å². The van der Waals surface area contributed by atoms with Crippen molar-refractivity contribution in [1.82, 2.24) is 15.3 Å². The zero-order chi connectivity index (χ0) is 14.7. The second-order valence-corrected chi connectivity index (χ2v) is 4.84. The molecular weight excluding hydrogens is 254 g/mol. The Morgan fingerprint density at radius 3 is 2.70 bits per heavy atom. The Balaban J connectivity index is 2.18. The molecule has 1 N–H and O–H groups in total. The SMILES string of the molecule is CCC(NC(=O)c1oc(C)nc1C)c1cc(C)ccn1. The van der Waals surface area contributed by atoms with Crippen LogP contribution in [0, 0.1) is 20.8 Å². The van der Waals surface area contributed by atoms with Gasteiger partial charge in [-0.25, -0.2) is 4.98 Å². The summed E-state index contributed by atoms with van der Waals surface area (Å²) in [5.74, 6) is 0.515. The first kappa shape index (κ1) is 14.2. The van der Waals surface area contributed by atoms with Gasteiger partial charge in [0, 0.05) is 13.1 Å². The number of aryl methyl sites for hydroxylation is 3. The average Bonchev–Trinajstić information content (AvgIpc) is 2.75. The smallest absolute Gasteiger partial charge is 0.289 e. The number of carbonyl (C=O) groups excluding carboxylic acids is 1. The van der Waals surface area contributed by atoms with Crippen molar-refractivity contribution >= 4 is 5.91 Å². The lowest BCUT2D eigenvalue weighted by Gasteiger charge is -2.16. The van der Waals surface area contributed by atoms with E-state index in [-0.39, 0.29) is 17.7 Å². The molecule has 1 atom stereocenters. The zero-order valence-corrected chi connectivity index (χ0v) is 12.2. The molecule has 2 aromatic rings. The lowest BCUT2D eigenvalue weighted by atomic mass is 10.1. The van der Waals surface area contributed by atoms with Crippen LogP contribution in [0.1, 0.15) is 52.8 Å². The van der Waals surface area contributed by atoms with Crippen molar-refractivity contribution in [3.05, 3.63) is 46.9 Å². The van der Waals surface area contributed by atoms with Gasteiger partial charge in [0.1, 0.15) is 0 Å². The van der Waals surface area contributed by atoms with Gasteiger partial charge < -0.3 is 9.73 Å². The fraction of sp³-hybridized carbons (Fsp3) is 0.400. The topological polar surface area (TPSA) is 68.0 Å². The largest absolute Gasteiger partial charge is 0.436 e. The van der Waals surface area contributed by atoms with Crippen LogP contribution in [0.15, 0.2) is 22.7 Å². The maximum Gasteiger partial charge on any atom is 0.289 e. The predicted octanol–water partition coefficient (Wildman–Crippen LogP) is 2.88. The van der Waals surface area contributed by atoms with Crippen LogP contribution in [-0.4, -0.2) is 15.9 Å². The summed E-state index contributed by atoms with van der Waals surface area (Å²) < 4.78 is 5.34. The van der Waals surface area contributed by atoms with Gasteiger partial charge in [-0.3, -0.25) is 9.78 Å². The monoisotopic (exact) mass is 273 g/mol. The van der Waals surface area contributed by atoms with E-state index in [9.17, 15) is 4.79 Å². The third-order valence-corrected chi connectivity index (χ3v) is 3.12. The molecule has 0 aromatic carbocycles. The molecule has 0 saturated carbocycles. The van der Waals surface area contributed by atoms with E-state index in [0.717, 1.165) is 17.7 Å². The second-order valence-electron chi connectivity index (χ2n) is 4.84. The summed E-state index contributed by atoms with van der Waals surface area (Å²) in [5.41, 5.74) is 2.58. The van der Waals surface area contributed by atoms with E-state index in [4.69, 9.17) is 4.42 Å². The van der Waals surface area contributed by atoms with Crippen molar-refractivity contribution in [1.29, 1.82) is 0 Å². The first-order chi connectivity index (χ1) is 9.51. The van der Waals surface area contributed by atoms with Crippen LogP contribution in [0.3, 0.4) is 0 Å². The quantitative estimate of drug-likeness (QED) is 0.930. The van der Waals surface area contributed by atoms with E-state index in [1.165, 1.54) is 0 Å². The van der Waals surface area contributed by atoms with Gasteiger partial charge in [-0.1, -0.05) is 6.92 Å². The summed E-state index contributed by atoms with van der Waals surface area (Å²) in [4.78, 5) is 20.7. The van der Waals surface area contributed by atoms with E-state index in [1.807, 2.05) is 26.0 Å². The zero-order valence-electron chi connectivity index (χ0n) is 12.2. The first-order valence-corrected chi connectivity index (χ1v) is 6.68. The first-order valence-electron chi connectivity index (χ1n) is 6.68. The summed E-state index contributed by atoms with van der Waals surface area (Å²) in [6, 6.07) is 3.78. The van der Waals surface area contributed by atoms with Crippen molar-refractivity contribution < 1.29 is 9.21 Å². The Bertz CT molecular complexity index is 619. The summed E-state index contributed by atoms with van der Waals surface area (Å²) in [7, 11) is 0. The molecule has 0 radical (unpaired) electrons. The van der Waals surface area contributed by atoms with Crippen LogP contribution in [0.5, 0.6) is 0 Å². The normalized spacial score (nSPS) is 12.2. The molecule has 1 unspecified atom stereocenters. The van der Waals surface area contributed by atoms with Gasteiger partial charge >= 0.3 is 0 Å². The maximum atomic E-state index is 12.2. The molecule has 0 bridgehead atoms. The van der Waals surface area contributed by atoms with Crippen molar-refractivity contribution in [3.63, 3.8) is 0 Å². The molecule has 2 aromatic heterocycles. The molecule has 0 aliphatic carbocycles. The molecule has 20 heavy (non-hydrogen) atoms. The number of oxazole rings is 1. The number of carbonyl (C=O) groups is 1. The molecule has 0 aliphatic rings. The summed E-state index contributed by atoms with van der Waals surface area (Å²) >= 11 is 0. The molecule has 5 nitrogen and oxygen atoms in total. The fourth-order valence-electron chi connectivity index (χ4n) is 2.10. The van der Waals surface area contributed by atoms with Crippen molar-refractivity contribution in [2.45, 2.75) is 40.2 Å². The van der Waals surface area contributed by atoms with E-state index >= 15 is 0 Å². The van der Waals surface area contributed by atoms with Gasteiger partial charge in [-0.05, 0) is 38.0 Å². The third kappa shape index (κ3) is 3.04. The van der Waals surface area contributed by atoms with Crippen LogP contribution in [-0.2, 0) is 0 Å². The highest BCUT2D eigenvalue weighted by Crippen LogP contribution is 2.17. The highest BCUT2D eigenvalue weighted by atomic mass is 16.4. The summed E-state index contributed by atoms with van der Waals surface area (Å²) in [6.45, 7) is 7.50. The number of pyridine rings is 1. The van der Waals surface area contributed by atoms with Gasteiger partial charge in [-0.15, -0.1) is 0 Å². The number of hydrogen-bond donors (Lipinski definition) is 1. The minimum Gasteiger partial charge on any atom is -0.436 e. The van der Waals surface area contributed by atoms with Crippen molar-refractivity contribution in [2.24, 2.45) is 0 Å². The number of rotatable bonds is 4. The van der Waals surface area contributed by atoms with E-state index < -0.39 is 0 Å². The molecule has 0 saturated heterocycles. The minimum atomic E-state index is -0.252. The number of nitrogens with one attached hydrogen (secondary N) is 1. The molecule has 0 spiro atoms. The highest BCUT2D eigenvalue weighted by molar-refractivity contribution is 5.92. The van der Waals surface area contributed by atoms with Crippen LogP contribution in [0.25, 0.3) is 0 Å². The third-order valence-electron chi connectivity index (χ3n) is 3.12. The Morgan fingerprint density at radius 1 is 1.40 bits per heavy atom.